The second-order valence-electron chi connectivity index (χ2n) is 5.53. The van der Waals surface area contributed by atoms with Crippen molar-refractivity contribution in [1.82, 2.24) is 4.98 Å². The Hall–Kier alpha value is -1.57. The second-order valence-corrected chi connectivity index (χ2v) is 5.53. The molecule has 0 aliphatic carbocycles. The Morgan fingerprint density at radius 2 is 1.89 bits per heavy atom. The molecule has 2 heteroatoms. The van der Waals surface area contributed by atoms with E-state index < -0.39 is 0 Å². The first-order chi connectivity index (χ1) is 9.28. The van der Waals surface area contributed by atoms with Gasteiger partial charge in [0.1, 0.15) is 0 Å². The van der Waals surface area contributed by atoms with E-state index in [2.05, 4.69) is 48.0 Å². The molecule has 0 spiro atoms. The Labute approximate surface area is 115 Å². The fourth-order valence-corrected chi connectivity index (χ4v) is 3.07. The van der Waals surface area contributed by atoms with Crippen LogP contribution in [0.5, 0.6) is 0 Å². The van der Waals surface area contributed by atoms with Gasteiger partial charge in [-0.05, 0) is 62.4 Å². The summed E-state index contributed by atoms with van der Waals surface area (Å²) in [4.78, 5) is 7.17. The number of hydrogen-bond acceptors (Lipinski definition) is 2. The average molecular weight is 254 g/mol. The Kier molecular flexibility index (Phi) is 3.41. The topological polar surface area (TPSA) is 16.1 Å². The minimum absolute atomic E-state index is 1.07. The van der Waals surface area contributed by atoms with E-state index >= 15 is 0 Å². The van der Waals surface area contributed by atoms with E-state index in [1.54, 1.807) is 0 Å². The quantitative estimate of drug-likeness (QED) is 0.802. The van der Waals surface area contributed by atoms with Crippen LogP contribution in [0.2, 0.25) is 0 Å². The maximum Gasteiger partial charge on any atom is 0.0709 e. The molecule has 0 bridgehead atoms. The monoisotopic (exact) mass is 254 g/mol. The van der Waals surface area contributed by atoms with E-state index in [0.717, 1.165) is 17.6 Å². The van der Waals surface area contributed by atoms with Crippen LogP contribution in [0, 0.1) is 6.92 Å². The van der Waals surface area contributed by atoms with Crippen LogP contribution in [0.3, 0.4) is 0 Å². The molecule has 0 saturated carbocycles. The molecule has 0 atom stereocenters. The maximum atomic E-state index is 4.65. The number of nitrogens with zero attached hydrogens (tertiary/aromatic N) is 2. The van der Waals surface area contributed by atoms with E-state index in [-0.39, 0.29) is 0 Å². The van der Waals surface area contributed by atoms with Crippen molar-refractivity contribution in [2.75, 3.05) is 18.0 Å². The van der Waals surface area contributed by atoms with Crippen LogP contribution < -0.4 is 4.90 Å². The number of aryl methyl sites for hydroxylation is 2. The first-order valence-corrected chi connectivity index (χ1v) is 7.43. The number of rotatable bonds is 2. The molecule has 1 aliphatic heterocycles. The zero-order valence-corrected chi connectivity index (χ0v) is 11.9. The van der Waals surface area contributed by atoms with Crippen molar-refractivity contribution in [2.45, 2.75) is 39.5 Å². The highest BCUT2D eigenvalue weighted by atomic mass is 15.1. The third-order valence-corrected chi connectivity index (χ3v) is 4.11. The fraction of sp³-hybridized carbons (Fsp3) is 0.471. The van der Waals surface area contributed by atoms with Crippen molar-refractivity contribution >= 4 is 16.6 Å². The molecular formula is C17H22N2. The van der Waals surface area contributed by atoms with Gasteiger partial charge < -0.3 is 4.90 Å². The van der Waals surface area contributed by atoms with E-state index in [1.165, 1.54) is 49.0 Å². The van der Waals surface area contributed by atoms with Crippen LogP contribution in [0.4, 0.5) is 5.69 Å². The lowest BCUT2D eigenvalue weighted by molar-refractivity contribution is 0.578. The molecule has 0 radical (unpaired) electrons. The predicted octanol–water partition coefficient (Wildman–Crippen LogP) is 4.10. The molecular weight excluding hydrogens is 232 g/mol. The molecule has 1 aromatic heterocycles. The lowest BCUT2D eigenvalue weighted by Crippen LogP contribution is -2.29. The number of fused-ring (bicyclic) bond motifs is 1. The van der Waals surface area contributed by atoms with Crippen LogP contribution in [0.1, 0.15) is 37.4 Å². The predicted molar refractivity (Wildman–Crippen MR) is 81.9 cm³/mol. The molecule has 1 aromatic carbocycles. The summed E-state index contributed by atoms with van der Waals surface area (Å²) >= 11 is 0. The summed E-state index contributed by atoms with van der Waals surface area (Å²) in [5, 5.41) is 1.33. The molecule has 0 amide bonds. The van der Waals surface area contributed by atoms with Gasteiger partial charge >= 0.3 is 0 Å². The summed E-state index contributed by atoms with van der Waals surface area (Å²) < 4.78 is 0. The van der Waals surface area contributed by atoms with Gasteiger partial charge in [-0.2, -0.15) is 0 Å². The molecule has 2 nitrogen and oxygen atoms in total. The highest BCUT2D eigenvalue weighted by molar-refractivity contribution is 5.86. The minimum Gasteiger partial charge on any atom is -0.372 e. The summed E-state index contributed by atoms with van der Waals surface area (Å²) in [6.45, 7) is 6.71. The van der Waals surface area contributed by atoms with Crippen molar-refractivity contribution in [1.29, 1.82) is 0 Å². The zero-order chi connectivity index (χ0) is 13.2. The molecule has 100 valence electrons. The lowest BCUT2D eigenvalue weighted by atomic mass is 10.0. The Morgan fingerprint density at radius 3 is 2.63 bits per heavy atom. The van der Waals surface area contributed by atoms with E-state index in [1.807, 2.05) is 0 Å². The number of piperidine rings is 1. The van der Waals surface area contributed by atoms with E-state index in [4.69, 9.17) is 0 Å². The van der Waals surface area contributed by atoms with Gasteiger partial charge in [-0.25, -0.2) is 0 Å². The van der Waals surface area contributed by atoms with Crippen molar-refractivity contribution in [2.24, 2.45) is 0 Å². The maximum absolute atomic E-state index is 4.65. The fourth-order valence-electron chi connectivity index (χ4n) is 3.07. The van der Waals surface area contributed by atoms with Gasteiger partial charge in [0.2, 0.25) is 0 Å². The van der Waals surface area contributed by atoms with Crippen LogP contribution in [0.25, 0.3) is 10.9 Å². The number of anilines is 1. The number of hydrogen-bond donors (Lipinski definition) is 0. The second kappa shape index (κ2) is 5.20. The highest BCUT2D eigenvalue weighted by Gasteiger charge is 2.12. The van der Waals surface area contributed by atoms with Crippen molar-refractivity contribution in [3.63, 3.8) is 0 Å². The van der Waals surface area contributed by atoms with Gasteiger partial charge in [0.05, 0.1) is 5.52 Å². The molecule has 19 heavy (non-hydrogen) atoms. The van der Waals surface area contributed by atoms with Gasteiger partial charge in [0.15, 0.2) is 0 Å². The van der Waals surface area contributed by atoms with E-state index in [9.17, 15) is 0 Å². The Balaban J connectivity index is 2.06. The number of benzene rings is 1. The SMILES string of the molecule is CCc1cc(C)nc2ccc(N3CCCCC3)cc12. The van der Waals surface area contributed by atoms with Gasteiger partial charge in [-0.3, -0.25) is 4.98 Å². The average Bonchev–Trinajstić information content (AvgIpc) is 2.46. The molecule has 1 aliphatic rings. The molecule has 0 unspecified atom stereocenters. The smallest absolute Gasteiger partial charge is 0.0709 e. The Bertz CT molecular complexity index is 583. The molecule has 1 saturated heterocycles. The van der Waals surface area contributed by atoms with Crippen LogP contribution in [-0.4, -0.2) is 18.1 Å². The molecule has 1 fully saturated rings. The standard InChI is InChI=1S/C17H22N2/c1-3-14-11-13(2)18-17-8-7-15(12-16(14)17)19-9-5-4-6-10-19/h7-8,11-12H,3-6,9-10H2,1-2H3. The van der Waals surface area contributed by atoms with E-state index in [0.29, 0.717) is 0 Å². The van der Waals surface area contributed by atoms with Gasteiger partial charge in [0, 0.05) is 29.9 Å². The highest BCUT2D eigenvalue weighted by Crippen LogP contribution is 2.26. The van der Waals surface area contributed by atoms with Crippen LogP contribution >= 0.6 is 0 Å². The van der Waals surface area contributed by atoms with Gasteiger partial charge in [0.25, 0.3) is 0 Å². The third-order valence-electron chi connectivity index (χ3n) is 4.11. The zero-order valence-electron chi connectivity index (χ0n) is 11.9. The van der Waals surface area contributed by atoms with Crippen molar-refractivity contribution < 1.29 is 0 Å². The largest absolute Gasteiger partial charge is 0.372 e. The van der Waals surface area contributed by atoms with Crippen LogP contribution in [-0.2, 0) is 6.42 Å². The lowest BCUT2D eigenvalue weighted by Gasteiger charge is -2.29. The normalized spacial score (nSPS) is 16.0. The molecule has 0 N–H and O–H groups in total. The van der Waals surface area contributed by atoms with Gasteiger partial charge in [-0.1, -0.05) is 6.92 Å². The molecule has 2 aromatic rings. The van der Waals surface area contributed by atoms with Gasteiger partial charge in [-0.15, -0.1) is 0 Å². The summed E-state index contributed by atoms with van der Waals surface area (Å²) in [5.41, 5.74) is 5.04. The first-order valence-electron chi connectivity index (χ1n) is 7.43. The number of aromatic nitrogens is 1. The molecule has 2 heterocycles. The summed E-state index contributed by atoms with van der Waals surface area (Å²) in [5.74, 6) is 0. The third kappa shape index (κ3) is 2.44. The van der Waals surface area contributed by atoms with Crippen molar-refractivity contribution in [3.8, 4) is 0 Å². The first kappa shape index (κ1) is 12.5. The minimum atomic E-state index is 1.07. The number of pyridine rings is 1. The molecule has 3 rings (SSSR count). The summed E-state index contributed by atoms with van der Waals surface area (Å²) in [6, 6.07) is 8.99. The summed E-state index contributed by atoms with van der Waals surface area (Å²) in [7, 11) is 0. The van der Waals surface area contributed by atoms with Crippen LogP contribution in [0.15, 0.2) is 24.3 Å². The summed E-state index contributed by atoms with van der Waals surface area (Å²) in [6.07, 6.45) is 5.10. The Morgan fingerprint density at radius 1 is 1.11 bits per heavy atom. The van der Waals surface area contributed by atoms with Crippen molar-refractivity contribution in [3.05, 3.63) is 35.5 Å².